The van der Waals surface area contributed by atoms with Gasteiger partial charge in [0.2, 0.25) is 10.0 Å². The third-order valence-electron chi connectivity index (χ3n) is 2.71. The van der Waals surface area contributed by atoms with Gasteiger partial charge in [0, 0.05) is 23.9 Å². The smallest absolute Gasteiger partial charge is 0.211 e. The number of halogens is 1. The van der Waals surface area contributed by atoms with Gasteiger partial charge < -0.3 is 0 Å². The lowest BCUT2D eigenvalue weighted by Gasteiger charge is -2.02. The van der Waals surface area contributed by atoms with E-state index in [0.29, 0.717) is 13.0 Å². The molecule has 1 N–H and O–H groups in total. The van der Waals surface area contributed by atoms with Gasteiger partial charge in [-0.1, -0.05) is 12.1 Å². The van der Waals surface area contributed by atoms with Crippen LogP contribution in [0.5, 0.6) is 0 Å². The normalized spacial score (nSPS) is 11.7. The van der Waals surface area contributed by atoms with Gasteiger partial charge in [0.15, 0.2) is 0 Å². The molecule has 1 aromatic carbocycles. The molecule has 4 nitrogen and oxygen atoms in total. The van der Waals surface area contributed by atoms with Crippen molar-refractivity contribution in [1.29, 1.82) is 0 Å². The van der Waals surface area contributed by atoms with Gasteiger partial charge in [-0.3, -0.25) is 0 Å². The van der Waals surface area contributed by atoms with E-state index in [1.165, 1.54) is 23.5 Å². The van der Waals surface area contributed by atoms with Crippen LogP contribution >= 0.6 is 11.3 Å². The maximum atomic E-state index is 13.1. The summed E-state index contributed by atoms with van der Waals surface area (Å²) < 4.78 is 38.2. The van der Waals surface area contributed by atoms with Crippen molar-refractivity contribution in [1.82, 2.24) is 9.71 Å². The van der Waals surface area contributed by atoms with E-state index in [0.717, 1.165) is 16.3 Å². The molecule has 108 valence electrons. The number of nitrogens with zero attached hydrogens (tertiary/aromatic N) is 1. The van der Waals surface area contributed by atoms with Crippen LogP contribution in [0.2, 0.25) is 0 Å². The summed E-state index contributed by atoms with van der Waals surface area (Å²) >= 11 is 1.42. The Kier molecular flexibility index (Phi) is 4.85. The van der Waals surface area contributed by atoms with Gasteiger partial charge in [0.1, 0.15) is 10.8 Å². The SMILES string of the molecule is CCS(=O)(=O)NCCc1csc(-c2cccc(F)c2)n1. The van der Waals surface area contributed by atoms with Crippen LogP contribution in [0.4, 0.5) is 4.39 Å². The van der Waals surface area contributed by atoms with Crippen molar-refractivity contribution in [2.75, 3.05) is 12.3 Å². The monoisotopic (exact) mass is 314 g/mol. The maximum Gasteiger partial charge on any atom is 0.211 e. The van der Waals surface area contributed by atoms with Crippen molar-refractivity contribution < 1.29 is 12.8 Å². The summed E-state index contributed by atoms with van der Waals surface area (Å²) in [5.41, 5.74) is 1.53. The Bertz CT molecular complexity index is 683. The van der Waals surface area contributed by atoms with Crippen LogP contribution in [0.1, 0.15) is 12.6 Å². The Morgan fingerprint density at radius 2 is 2.20 bits per heavy atom. The van der Waals surface area contributed by atoms with E-state index in [1.807, 2.05) is 5.38 Å². The van der Waals surface area contributed by atoms with Crippen LogP contribution in [0.3, 0.4) is 0 Å². The molecule has 0 aliphatic heterocycles. The fraction of sp³-hybridized carbons (Fsp3) is 0.308. The van der Waals surface area contributed by atoms with Gasteiger partial charge in [-0.15, -0.1) is 11.3 Å². The summed E-state index contributed by atoms with van der Waals surface area (Å²) in [5, 5.41) is 2.60. The maximum absolute atomic E-state index is 13.1. The number of hydrogen-bond acceptors (Lipinski definition) is 4. The number of aromatic nitrogens is 1. The zero-order chi connectivity index (χ0) is 14.6. The van der Waals surface area contributed by atoms with E-state index < -0.39 is 10.0 Å². The molecule has 1 heterocycles. The van der Waals surface area contributed by atoms with E-state index >= 15 is 0 Å². The third kappa shape index (κ3) is 4.09. The lowest BCUT2D eigenvalue weighted by molar-refractivity contribution is 0.582. The van der Waals surface area contributed by atoms with Gasteiger partial charge in [-0.2, -0.15) is 0 Å². The van der Waals surface area contributed by atoms with Gasteiger partial charge >= 0.3 is 0 Å². The van der Waals surface area contributed by atoms with Gasteiger partial charge in [-0.05, 0) is 19.1 Å². The first-order valence-electron chi connectivity index (χ1n) is 6.18. The predicted octanol–water partition coefficient (Wildman–Crippen LogP) is 2.43. The van der Waals surface area contributed by atoms with Crippen molar-refractivity contribution in [2.45, 2.75) is 13.3 Å². The second kappa shape index (κ2) is 6.43. The standard InChI is InChI=1S/C13H15FN2O2S2/c1-2-20(17,18)15-7-6-12-9-19-13(16-12)10-4-3-5-11(14)8-10/h3-5,8-9,15H,2,6-7H2,1H3. The Hall–Kier alpha value is -1.31. The summed E-state index contributed by atoms with van der Waals surface area (Å²) in [6.45, 7) is 1.91. The number of nitrogens with one attached hydrogen (secondary N) is 1. The summed E-state index contributed by atoms with van der Waals surface area (Å²) in [6.07, 6.45) is 0.519. The molecule has 0 saturated heterocycles. The lowest BCUT2D eigenvalue weighted by Crippen LogP contribution is -2.27. The number of thiazole rings is 1. The minimum atomic E-state index is -3.16. The number of sulfonamides is 1. The molecular weight excluding hydrogens is 299 g/mol. The predicted molar refractivity (Wildman–Crippen MR) is 78.7 cm³/mol. The van der Waals surface area contributed by atoms with Crippen LogP contribution in [-0.4, -0.2) is 25.7 Å². The summed E-state index contributed by atoms with van der Waals surface area (Å²) in [7, 11) is -3.16. The van der Waals surface area contributed by atoms with Crippen LogP contribution in [0, 0.1) is 5.82 Å². The number of benzene rings is 1. The van der Waals surface area contributed by atoms with E-state index in [1.54, 1.807) is 19.1 Å². The minimum Gasteiger partial charge on any atom is -0.241 e. The lowest BCUT2D eigenvalue weighted by atomic mass is 10.2. The molecule has 0 radical (unpaired) electrons. The fourth-order valence-corrected chi connectivity index (χ4v) is 3.08. The number of hydrogen-bond donors (Lipinski definition) is 1. The Labute approximate surface area is 121 Å². The summed E-state index contributed by atoms with van der Waals surface area (Å²) in [5.74, 6) is -0.228. The minimum absolute atomic E-state index is 0.0681. The highest BCUT2D eigenvalue weighted by Gasteiger charge is 2.08. The van der Waals surface area contributed by atoms with Crippen molar-refractivity contribution >= 4 is 21.4 Å². The first-order valence-corrected chi connectivity index (χ1v) is 8.71. The van der Waals surface area contributed by atoms with Crippen molar-refractivity contribution in [3.63, 3.8) is 0 Å². The highest BCUT2D eigenvalue weighted by Crippen LogP contribution is 2.24. The van der Waals surface area contributed by atoms with Gasteiger partial charge in [0.25, 0.3) is 0 Å². The van der Waals surface area contributed by atoms with E-state index in [-0.39, 0.29) is 11.6 Å². The van der Waals surface area contributed by atoms with Crippen LogP contribution in [0.25, 0.3) is 10.6 Å². The molecule has 0 aliphatic rings. The molecule has 0 aliphatic carbocycles. The van der Waals surface area contributed by atoms with Crippen LogP contribution in [0.15, 0.2) is 29.6 Å². The molecule has 0 spiro atoms. The molecule has 0 bridgehead atoms. The zero-order valence-corrected chi connectivity index (χ0v) is 12.6. The van der Waals surface area contributed by atoms with Crippen LogP contribution in [-0.2, 0) is 16.4 Å². The largest absolute Gasteiger partial charge is 0.241 e. The van der Waals surface area contributed by atoms with Crippen molar-refractivity contribution in [2.24, 2.45) is 0 Å². The number of rotatable bonds is 6. The molecular formula is C13H15FN2O2S2. The molecule has 20 heavy (non-hydrogen) atoms. The van der Waals surface area contributed by atoms with Gasteiger partial charge in [0.05, 0.1) is 11.4 Å². The van der Waals surface area contributed by atoms with E-state index in [9.17, 15) is 12.8 Å². The second-order valence-electron chi connectivity index (χ2n) is 4.20. The molecule has 7 heteroatoms. The Morgan fingerprint density at radius 3 is 2.90 bits per heavy atom. The highest BCUT2D eigenvalue weighted by molar-refractivity contribution is 7.89. The summed E-state index contributed by atoms with van der Waals surface area (Å²) in [6, 6.07) is 6.26. The van der Waals surface area contributed by atoms with E-state index in [2.05, 4.69) is 9.71 Å². The van der Waals surface area contributed by atoms with Crippen LogP contribution < -0.4 is 4.72 Å². The Morgan fingerprint density at radius 1 is 1.40 bits per heavy atom. The Balaban J connectivity index is 1.99. The molecule has 0 atom stereocenters. The first-order chi connectivity index (χ1) is 9.50. The quantitative estimate of drug-likeness (QED) is 0.891. The fourth-order valence-electron chi connectivity index (χ4n) is 1.61. The van der Waals surface area contributed by atoms with Crippen molar-refractivity contribution in [3.05, 3.63) is 41.2 Å². The third-order valence-corrected chi connectivity index (χ3v) is 5.05. The molecule has 1 aromatic heterocycles. The topological polar surface area (TPSA) is 59.1 Å². The zero-order valence-electron chi connectivity index (χ0n) is 11.0. The highest BCUT2D eigenvalue weighted by atomic mass is 32.2. The molecule has 2 aromatic rings. The average Bonchev–Trinajstić information content (AvgIpc) is 2.87. The van der Waals surface area contributed by atoms with Gasteiger partial charge in [-0.25, -0.2) is 22.5 Å². The average molecular weight is 314 g/mol. The second-order valence-corrected chi connectivity index (χ2v) is 7.16. The van der Waals surface area contributed by atoms with E-state index in [4.69, 9.17) is 0 Å². The molecule has 0 unspecified atom stereocenters. The molecule has 0 amide bonds. The molecule has 0 fully saturated rings. The first kappa shape index (κ1) is 15.1. The summed E-state index contributed by atoms with van der Waals surface area (Å²) in [4.78, 5) is 4.38. The molecule has 2 rings (SSSR count). The molecule has 0 saturated carbocycles. The van der Waals surface area contributed by atoms with Crippen molar-refractivity contribution in [3.8, 4) is 10.6 Å².